The van der Waals surface area contributed by atoms with Crippen LogP contribution in [0.1, 0.15) is 25.3 Å². The summed E-state index contributed by atoms with van der Waals surface area (Å²) in [4.78, 5) is 23.5. The van der Waals surface area contributed by atoms with E-state index in [2.05, 4.69) is 10.9 Å². The van der Waals surface area contributed by atoms with Crippen LogP contribution in [0.5, 0.6) is 11.5 Å². The Morgan fingerprint density at radius 1 is 0.963 bits per heavy atom. The van der Waals surface area contributed by atoms with Crippen molar-refractivity contribution < 1.29 is 19.1 Å². The lowest BCUT2D eigenvalue weighted by atomic mass is 10.1. The molecule has 0 radical (unpaired) electrons. The second kappa shape index (κ2) is 11.1. The topological polar surface area (TPSA) is 76.7 Å². The van der Waals surface area contributed by atoms with Gasteiger partial charge < -0.3 is 9.47 Å². The van der Waals surface area contributed by atoms with Crippen molar-refractivity contribution in [3.05, 3.63) is 59.1 Å². The van der Waals surface area contributed by atoms with Gasteiger partial charge in [-0.05, 0) is 48.7 Å². The molecule has 0 aliphatic rings. The number of rotatable bonds is 9. The van der Waals surface area contributed by atoms with Crippen LogP contribution in [-0.4, -0.2) is 25.0 Å². The number of halogens is 1. The van der Waals surface area contributed by atoms with Crippen molar-refractivity contribution in [1.29, 1.82) is 0 Å². The van der Waals surface area contributed by atoms with Crippen molar-refractivity contribution in [1.82, 2.24) is 10.9 Å². The molecule has 0 unspecified atom stereocenters. The highest BCUT2D eigenvalue weighted by molar-refractivity contribution is 6.30. The van der Waals surface area contributed by atoms with Gasteiger partial charge in [0.25, 0.3) is 5.91 Å². The fourth-order valence-electron chi connectivity index (χ4n) is 2.27. The lowest BCUT2D eigenvalue weighted by Crippen LogP contribution is -2.43. The molecule has 7 heteroatoms. The fourth-order valence-corrected chi connectivity index (χ4v) is 2.40. The van der Waals surface area contributed by atoms with Crippen molar-refractivity contribution in [2.24, 2.45) is 0 Å². The van der Waals surface area contributed by atoms with Gasteiger partial charge >= 0.3 is 0 Å². The zero-order valence-electron chi connectivity index (χ0n) is 15.2. The van der Waals surface area contributed by atoms with Gasteiger partial charge in [0.15, 0.2) is 6.61 Å². The van der Waals surface area contributed by atoms with E-state index < -0.39 is 5.91 Å². The Labute approximate surface area is 163 Å². The summed E-state index contributed by atoms with van der Waals surface area (Å²) in [6.45, 7) is 2.23. The first-order valence-corrected chi connectivity index (χ1v) is 9.13. The van der Waals surface area contributed by atoms with Crippen LogP contribution in [0.4, 0.5) is 0 Å². The highest BCUT2D eigenvalue weighted by atomic mass is 35.5. The molecule has 2 aromatic carbocycles. The van der Waals surface area contributed by atoms with Crippen LogP contribution in [0.25, 0.3) is 0 Å². The summed E-state index contributed by atoms with van der Waals surface area (Å²) >= 11 is 5.80. The van der Waals surface area contributed by atoms with Crippen LogP contribution in [0.3, 0.4) is 0 Å². The van der Waals surface area contributed by atoms with E-state index in [0.29, 0.717) is 29.5 Å². The fraction of sp³-hybridized carbons (Fsp3) is 0.300. The summed E-state index contributed by atoms with van der Waals surface area (Å²) in [6.07, 6.45) is 1.56. The average molecular weight is 391 g/mol. The van der Waals surface area contributed by atoms with Crippen LogP contribution in [-0.2, 0) is 16.0 Å². The molecule has 0 aliphatic heterocycles. The van der Waals surface area contributed by atoms with Gasteiger partial charge in [-0.1, -0.05) is 36.7 Å². The minimum Gasteiger partial charge on any atom is -0.494 e. The maximum atomic E-state index is 11.8. The van der Waals surface area contributed by atoms with E-state index in [-0.39, 0.29) is 18.9 Å². The Balaban J connectivity index is 1.59. The Kier molecular flexibility index (Phi) is 8.45. The molecular weight excluding hydrogens is 368 g/mol. The molecule has 2 rings (SSSR count). The van der Waals surface area contributed by atoms with Gasteiger partial charge in [-0.15, -0.1) is 0 Å². The van der Waals surface area contributed by atoms with Crippen LogP contribution in [0.15, 0.2) is 48.5 Å². The highest BCUT2D eigenvalue weighted by Crippen LogP contribution is 2.18. The van der Waals surface area contributed by atoms with E-state index in [9.17, 15) is 9.59 Å². The summed E-state index contributed by atoms with van der Waals surface area (Å²) in [6, 6.07) is 14.5. The van der Waals surface area contributed by atoms with Crippen LogP contribution in [0.2, 0.25) is 5.02 Å². The summed E-state index contributed by atoms with van der Waals surface area (Å²) < 4.78 is 11.0. The normalized spacial score (nSPS) is 10.1. The molecule has 0 atom stereocenters. The number of hydrogen-bond acceptors (Lipinski definition) is 4. The molecule has 27 heavy (non-hydrogen) atoms. The number of carbonyl (C=O) groups excluding carboxylic acids is 2. The molecule has 0 heterocycles. The van der Waals surface area contributed by atoms with Gasteiger partial charge in [-0.2, -0.15) is 0 Å². The molecule has 0 saturated heterocycles. The molecule has 0 fully saturated rings. The van der Waals surface area contributed by atoms with Gasteiger partial charge in [0, 0.05) is 11.4 Å². The Bertz CT molecular complexity index is 750. The summed E-state index contributed by atoms with van der Waals surface area (Å²) in [5, 5.41) is 0.639. The van der Waals surface area contributed by atoms with Crippen molar-refractivity contribution >= 4 is 23.4 Å². The molecule has 2 N–H and O–H groups in total. The summed E-state index contributed by atoms with van der Waals surface area (Å²) in [7, 11) is 0. The zero-order valence-corrected chi connectivity index (χ0v) is 15.9. The van der Waals surface area contributed by atoms with E-state index in [0.717, 1.165) is 12.0 Å². The van der Waals surface area contributed by atoms with Crippen molar-refractivity contribution in [3.8, 4) is 11.5 Å². The molecule has 6 nitrogen and oxygen atoms in total. The Hall–Kier alpha value is -2.73. The van der Waals surface area contributed by atoms with Gasteiger partial charge in [-0.25, -0.2) is 0 Å². The smallest absolute Gasteiger partial charge is 0.276 e. The number of para-hydroxylation sites is 1. The third-order valence-corrected chi connectivity index (χ3v) is 3.94. The zero-order chi connectivity index (χ0) is 19.5. The maximum Gasteiger partial charge on any atom is 0.276 e. The second-order valence-electron chi connectivity index (χ2n) is 5.75. The monoisotopic (exact) mass is 390 g/mol. The molecule has 0 saturated carbocycles. The van der Waals surface area contributed by atoms with Gasteiger partial charge in [0.05, 0.1) is 6.61 Å². The quantitative estimate of drug-likeness (QED) is 0.509. The summed E-state index contributed by atoms with van der Waals surface area (Å²) in [5.74, 6) is 0.641. The number of nitrogens with one attached hydrogen (secondary N) is 2. The second-order valence-corrected chi connectivity index (χ2v) is 6.19. The van der Waals surface area contributed by atoms with Crippen LogP contribution >= 0.6 is 11.6 Å². The standard InChI is InChI=1S/C20H23ClN2O4/c1-2-15-6-3-4-7-18(15)27-14-20(25)23-22-19(24)8-5-13-26-17-11-9-16(21)10-12-17/h3-4,6-7,9-12H,2,5,8,13-14H2,1H3,(H,22,24)(H,23,25). The highest BCUT2D eigenvalue weighted by Gasteiger charge is 2.07. The molecule has 2 aromatic rings. The van der Waals surface area contributed by atoms with E-state index in [1.807, 2.05) is 31.2 Å². The van der Waals surface area contributed by atoms with Gasteiger partial charge in [0.2, 0.25) is 5.91 Å². The number of hydrazine groups is 1. The lowest BCUT2D eigenvalue weighted by Gasteiger charge is -2.11. The summed E-state index contributed by atoms with van der Waals surface area (Å²) in [5.41, 5.74) is 5.72. The molecule has 0 bridgehead atoms. The minimum absolute atomic E-state index is 0.170. The number of hydrogen-bond donors (Lipinski definition) is 2. The van der Waals surface area contributed by atoms with Crippen LogP contribution < -0.4 is 20.3 Å². The minimum atomic E-state index is -0.424. The van der Waals surface area contributed by atoms with Crippen LogP contribution in [0, 0.1) is 0 Å². The average Bonchev–Trinajstić information content (AvgIpc) is 2.69. The molecule has 144 valence electrons. The third kappa shape index (κ3) is 7.58. The van der Waals surface area contributed by atoms with E-state index in [1.54, 1.807) is 24.3 Å². The number of carbonyl (C=O) groups is 2. The number of benzene rings is 2. The number of ether oxygens (including phenoxy) is 2. The number of amides is 2. The Morgan fingerprint density at radius 2 is 1.67 bits per heavy atom. The van der Waals surface area contributed by atoms with E-state index in [1.165, 1.54) is 0 Å². The van der Waals surface area contributed by atoms with Crippen molar-refractivity contribution in [2.75, 3.05) is 13.2 Å². The first-order chi connectivity index (χ1) is 13.1. The SMILES string of the molecule is CCc1ccccc1OCC(=O)NNC(=O)CCCOc1ccc(Cl)cc1. The predicted octanol–water partition coefficient (Wildman–Crippen LogP) is 3.29. The Morgan fingerprint density at radius 3 is 2.41 bits per heavy atom. The predicted molar refractivity (Wildman–Crippen MR) is 104 cm³/mol. The third-order valence-electron chi connectivity index (χ3n) is 3.68. The van der Waals surface area contributed by atoms with Crippen molar-refractivity contribution in [3.63, 3.8) is 0 Å². The first kappa shape index (κ1) is 20.6. The molecule has 0 aliphatic carbocycles. The van der Waals surface area contributed by atoms with Crippen molar-refractivity contribution in [2.45, 2.75) is 26.2 Å². The molecule has 2 amide bonds. The lowest BCUT2D eigenvalue weighted by molar-refractivity contribution is -0.130. The molecule has 0 aromatic heterocycles. The van der Waals surface area contributed by atoms with Gasteiger partial charge in [0.1, 0.15) is 11.5 Å². The maximum absolute atomic E-state index is 11.8. The largest absolute Gasteiger partial charge is 0.494 e. The van der Waals surface area contributed by atoms with E-state index >= 15 is 0 Å². The van der Waals surface area contributed by atoms with E-state index in [4.69, 9.17) is 21.1 Å². The molecular formula is C20H23ClN2O4. The number of aryl methyl sites for hydroxylation is 1. The molecule has 0 spiro atoms. The first-order valence-electron chi connectivity index (χ1n) is 8.75. The van der Waals surface area contributed by atoms with Gasteiger partial charge in [-0.3, -0.25) is 20.4 Å².